The molecule has 0 spiro atoms. The lowest BCUT2D eigenvalue weighted by molar-refractivity contribution is -0.0196. The van der Waals surface area contributed by atoms with Gasteiger partial charge in [-0.2, -0.15) is 0 Å². The summed E-state index contributed by atoms with van der Waals surface area (Å²) in [5, 5.41) is 15.6. The van der Waals surface area contributed by atoms with Gasteiger partial charge in [-0.15, -0.1) is 0 Å². The number of aliphatic hydroxyl groups is 1. The Hall–Kier alpha value is -2.86. The number of hydrogen-bond acceptors (Lipinski definition) is 2. The van der Waals surface area contributed by atoms with Crippen LogP contribution in [0.3, 0.4) is 0 Å². The molecular formula is C28H29NO. The van der Waals surface area contributed by atoms with Crippen LogP contribution in [-0.4, -0.2) is 10.7 Å². The number of rotatable bonds is 2. The second-order valence-electron chi connectivity index (χ2n) is 8.55. The Balaban J connectivity index is 1.73. The first kappa shape index (κ1) is 20.4. The molecule has 0 bridgehead atoms. The largest absolute Gasteiger partial charge is 0.377 e. The van der Waals surface area contributed by atoms with Crippen LogP contribution in [0, 0.1) is 31.6 Å². The Morgan fingerprint density at radius 1 is 0.833 bits per heavy atom. The minimum absolute atomic E-state index is 0.0146. The second-order valence-corrected chi connectivity index (χ2v) is 8.55. The monoisotopic (exact) mass is 395 g/mol. The highest BCUT2D eigenvalue weighted by Crippen LogP contribution is 2.43. The molecule has 30 heavy (non-hydrogen) atoms. The molecule has 2 heteroatoms. The van der Waals surface area contributed by atoms with E-state index in [0.29, 0.717) is 6.42 Å². The van der Waals surface area contributed by atoms with Crippen LogP contribution >= 0.6 is 0 Å². The third-order valence-electron chi connectivity index (χ3n) is 6.26. The SMILES string of the molecule is Cc1ccc([C@@H]2C[C@](O)(C#Cc3ccccc3)[C@H](C)[C@H](c3ccc(C)cc3)N2)cc1. The summed E-state index contributed by atoms with van der Waals surface area (Å²) >= 11 is 0. The molecule has 2 N–H and O–H groups in total. The molecule has 0 aromatic heterocycles. The maximum absolute atomic E-state index is 11.8. The third kappa shape index (κ3) is 4.33. The Morgan fingerprint density at radius 3 is 2.00 bits per heavy atom. The molecule has 0 saturated carbocycles. The summed E-state index contributed by atoms with van der Waals surface area (Å²) in [6, 6.07) is 27.1. The molecule has 1 heterocycles. The van der Waals surface area contributed by atoms with Gasteiger partial charge in [-0.3, -0.25) is 0 Å². The van der Waals surface area contributed by atoms with Crippen LogP contribution in [0.4, 0.5) is 0 Å². The van der Waals surface area contributed by atoms with E-state index in [1.165, 1.54) is 22.3 Å². The van der Waals surface area contributed by atoms with E-state index < -0.39 is 5.60 Å². The van der Waals surface area contributed by atoms with Crippen molar-refractivity contribution in [3.63, 3.8) is 0 Å². The Morgan fingerprint density at radius 2 is 1.40 bits per heavy atom. The molecule has 0 aliphatic carbocycles. The maximum Gasteiger partial charge on any atom is 0.132 e. The van der Waals surface area contributed by atoms with E-state index >= 15 is 0 Å². The van der Waals surface area contributed by atoms with Crippen molar-refractivity contribution >= 4 is 0 Å². The first-order valence-corrected chi connectivity index (χ1v) is 10.6. The predicted molar refractivity (Wildman–Crippen MR) is 123 cm³/mol. The van der Waals surface area contributed by atoms with E-state index in [1.54, 1.807) is 0 Å². The van der Waals surface area contributed by atoms with Gasteiger partial charge in [0.15, 0.2) is 0 Å². The lowest BCUT2D eigenvalue weighted by atomic mass is 9.72. The molecule has 3 aromatic rings. The molecular weight excluding hydrogens is 366 g/mol. The molecule has 1 fully saturated rings. The molecule has 1 saturated heterocycles. The summed E-state index contributed by atoms with van der Waals surface area (Å²) in [5.74, 6) is 6.41. The lowest BCUT2D eigenvalue weighted by Gasteiger charge is -2.45. The van der Waals surface area contributed by atoms with Crippen molar-refractivity contribution in [2.75, 3.05) is 0 Å². The summed E-state index contributed by atoms with van der Waals surface area (Å²) < 4.78 is 0. The summed E-state index contributed by atoms with van der Waals surface area (Å²) in [6.45, 7) is 6.29. The van der Waals surface area contributed by atoms with Gasteiger partial charge >= 0.3 is 0 Å². The fourth-order valence-electron chi connectivity index (χ4n) is 4.23. The van der Waals surface area contributed by atoms with E-state index in [2.05, 4.69) is 86.5 Å². The summed E-state index contributed by atoms with van der Waals surface area (Å²) in [4.78, 5) is 0. The van der Waals surface area contributed by atoms with Crippen LogP contribution in [0.15, 0.2) is 78.9 Å². The number of piperidine rings is 1. The zero-order chi connectivity index (χ0) is 21.1. The number of aryl methyl sites for hydroxylation is 2. The second kappa shape index (κ2) is 8.48. The molecule has 1 aliphatic heterocycles. The van der Waals surface area contributed by atoms with Crippen molar-refractivity contribution in [2.24, 2.45) is 5.92 Å². The van der Waals surface area contributed by atoms with E-state index in [4.69, 9.17) is 0 Å². The van der Waals surface area contributed by atoms with Crippen LogP contribution in [0.25, 0.3) is 0 Å². The minimum Gasteiger partial charge on any atom is -0.377 e. The normalized spacial score (nSPS) is 25.9. The van der Waals surface area contributed by atoms with Crippen LogP contribution in [-0.2, 0) is 0 Å². The van der Waals surface area contributed by atoms with Gasteiger partial charge in [0.05, 0.1) is 0 Å². The molecule has 3 aromatic carbocycles. The van der Waals surface area contributed by atoms with Gasteiger partial charge in [0.2, 0.25) is 0 Å². The maximum atomic E-state index is 11.8. The average Bonchev–Trinajstić information content (AvgIpc) is 2.76. The highest BCUT2D eigenvalue weighted by Gasteiger charge is 2.45. The highest BCUT2D eigenvalue weighted by atomic mass is 16.3. The van der Waals surface area contributed by atoms with Gasteiger partial charge in [0.1, 0.15) is 5.60 Å². The van der Waals surface area contributed by atoms with Crippen LogP contribution in [0.1, 0.15) is 53.2 Å². The van der Waals surface area contributed by atoms with Gasteiger partial charge in [0, 0.05) is 30.0 Å². The first-order chi connectivity index (χ1) is 14.4. The molecule has 2 nitrogen and oxygen atoms in total. The van der Waals surface area contributed by atoms with Gasteiger partial charge in [-0.1, -0.05) is 96.6 Å². The van der Waals surface area contributed by atoms with Crippen LogP contribution in [0.5, 0.6) is 0 Å². The summed E-state index contributed by atoms with van der Waals surface area (Å²) in [6.07, 6.45) is 0.555. The molecule has 0 unspecified atom stereocenters. The zero-order valence-electron chi connectivity index (χ0n) is 17.9. The minimum atomic E-state index is -1.09. The van der Waals surface area contributed by atoms with Gasteiger partial charge in [0.25, 0.3) is 0 Å². The predicted octanol–water partition coefficient (Wildman–Crippen LogP) is 5.50. The quantitative estimate of drug-likeness (QED) is 0.562. The Kier molecular flexibility index (Phi) is 5.77. The fourth-order valence-corrected chi connectivity index (χ4v) is 4.23. The van der Waals surface area contributed by atoms with Crippen molar-refractivity contribution in [2.45, 2.75) is 44.9 Å². The van der Waals surface area contributed by atoms with E-state index in [-0.39, 0.29) is 18.0 Å². The summed E-state index contributed by atoms with van der Waals surface area (Å²) in [7, 11) is 0. The van der Waals surface area contributed by atoms with E-state index in [9.17, 15) is 5.11 Å². The van der Waals surface area contributed by atoms with Crippen LogP contribution < -0.4 is 5.32 Å². The molecule has 0 radical (unpaired) electrons. The van der Waals surface area contributed by atoms with Crippen LogP contribution in [0.2, 0.25) is 0 Å². The Bertz CT molecular complexity index is 1040. The topological polar surface area (TPSA) is 32.3 Å². The lowest BCUT2D eigenvalue weighted by Crippen LogP contribution is -2.51. The fraction of sp³-hybridized carbons (Fsp3) is 0.286. The highest BCUT2D eigenvalue weighted by molar-refractivity contribution is 5.39. The number of nitrogens with one attached hydrogen (secondary N) is 1. The van der Waals surface area contributed by atoms with Gasteiger partial charge in [-0.05, 0) is 37.1 Å². The first-order valence-electron chi connectivity index (χ1n) is 10.6. The molecule has 0 amide bonds. The van der Waals surface area contributed by atoms with Gasteiger partial charge in [-0.25, -0.2) is 0 Å². The Labute approximate surface area is 180 Å². The van der Waals surface area contributed by atoms with Crippen molar-refractivity contribution in [3.05, 3.63) is 107 Å². The number of benzene rings is 3. The van der Waals surface area contributed by atoms with Crippen molar-refractivity contribution < 1.29 is 5.11 Å². The zero-order valence-corrected chi connectivity index (χ0v) is 17.9. The molecule has 152 valence electrons. The van der Waals surface area contributed by atoms with Gasteiger partial charge < -0.3 is 10.4 Å². The van der Waals surface area contributed by atoms with E-state index in [0.717, 1.165) is 5.56 Å². The average molecular weight is 396 g/mol. The standard InChI is InChI=1S/C28H29NO/c1-20-9-13-24(14-10-20)26-19-28(30,18-17-23-7-5-4-6-8-23)22(3)27(29-26)25-15-11-21(2)12-16-25/h4-16,22,26-27,29-30H,19H2,1-3H3/t22-,26+,27-,28-/m1/s1. The van der Waals surface area contributed by atoms with E-state index in [1.807, 2.05) is 30.3 Å². The third-order valence-corrected chi connectivity index (χ3v) is 6.26. The number of hydrogen-bond donors (Lipinski definition) is 2. The smallest absolute Gasteiger partial charge is 0.132 e. The van der Waals surface area contributed by atoms with Crippen molar-refractivity contribution in [1.82, 2.24) is 5.32 Å². The summed E-state index contributed by atoms with van der Waals surface area (Å²) in [5.41, 5.74) is 4.67. The van der Waals surface area contributed by atoms with Crippen molar-refractivity contribution in [3.8, 4) is 11.8 Å². The molecule has 4 atom stereocenters. The molecule has 1 aliphatic rings. The molecule has 4 rings (SSSR count). The van der Waals surface area contributed by atoms with Crippen molar-refractivity contribution in [1.29, 1.82) is 0 Å².